The Morgan fingerprint density at radius 2 is 1.87 bits per heavy atom. The minimum atomic E-state index is 0.477. The van der Waals surface area contributed by atoms with Gasteiger partial charge in [0.05, 0.1) is 25.9 Å². The van der Waals surface area contributed by atoms with E-state index in [0.717, 1.165) is 10.8 Å². The predicted octanol–water partition coefficient (Wildman–Crippen LogP) is 4.34. The van der Waals surface area contributed by atoms with Crippen molar-refractivity contribution in [2.24, 2.45) is 0 Å². The van der Waals surface area contributed by atoms with Crippen LogP contribution in [0.4, 0.5) is 0 Å². The lowest BCUT2D eigenvalue weighted by Crippen LogP contribution is -1.99. The molecule has 0 aliphatic heterocycles. The highest BCUT2D eigenvalue weighted by Crippen LogP contribution is 2.41. The summed E-state index contributed by atoms with van der Waals surface area (Å²) in [6.45, 7) is 4.53. The zero-order valence-electron chi connectivity index (χ0n) is 13.7. The number of nitrogens with zero attached hydrogens (tertiary/aromatic N) is 1. The first-order chi connectivity index (χ1) is 11.2. The number of methoxy groups -OCH3 is 2. The molecule has 3 aromatic rings. The molecule has 0 radical (unpaired) electrons. The van der Waals surface area contributed by atoms with E-state index < -0.39 is 0 Å². The van der Waals surface area contributed by atoms with Crippen molar-refractivity contribution < 1.29 is 18.6 Å². The molecule has 5 heteroatoms. The van der Waals surface area contributed by atoms with E-state index in [9.17, 15) is 0 Å². The molecule has 0 atom stereocenters. The van der Waals surface area contributed by atoms with Gasteiger partial charge in [0.1, 0.15) is 17.9 Å². The van der Waals surface area contributed by atoms with E-state index in [0.29, 0.717) is 35.1 Å². The fraction of sp³-hybridized carbons (Fsp3) is 0.278. The van der Waals surface area contributed by atoms with Crippen LogP contribution in [0.2, 0.25) is 0 Å². The third kappa shape index (κ3) is 2.70. The molecule has 2 heterocycles. The van der Waals surface area contributed by atoms with Crippen molar-refractivity contribution in [1.29, 1.82) is 0 Å². The molecule has 120 valence electrons. The molecular formula is C18H19NO4. The number of ether oxygens (including phenoxy) is 3. The Morgan fingerprint density at radius 1 is 1.09 bits per heavy atom. The molecule has 2 aromatic heterocycles. The zero-order valence-corrected chi connectivity index (χ0v) is 13.7. The van der Waals surface area contributed by atoms with Gasteiger partial charge < -0.3 is 18.6 Å². The van der Waals surface area contributed by atoms with Crippen LogP contribution in [-0.4, -0.2) is 25.8 Å². The van der Waals surface area contributed by atoms with E-state index in [1.165, 1.54) is 5.57 Å². The SMILES string of the molecule is COc1c2ccoc2nc2c(OC)c(OCC=C(C)C)ccc12. The van der Waals surface area contributed by atoms with Crippen molar-refractivity contribution in [2.75, 3.05) is 20.8 Å². The molecule has 23 heavy (non-hydrogen) atoms. The molecule has 0 amide bonds. The average molecular weight is 313 g/mol. The molecule has 5 nitrogen and oxygen atoms in total. The Labute approximate surface area is 134 Å². The third-order valence-corrected chi connectivity index (χ3v) is 3.58. The number of hydrogen-bond acceptors (Lipinski definition) is 5. The molecule has 0 spiro atoms. The van der Waals surface area contributed by atoms with Crippen LogP contribution < -0.4 is 14.2 Å². The molecule has 0 aliphatic carbocycles. The van der Waals surface area contributed by atoms with E-state index in [2.05, 4.69) is 4.98 Å². The number of benzene rings is 1. The summed E-state index contributed by atoms with van der Waals surface area (Å²) in [5.41, 5.74) is 2.36. The van der Waals surface area contributed by atoms with Crippen molar-refractivity contribution in [3.05, 3.63) is 36.1 Å². The molecule has 0 bridgehead atoms. The number of hydrogen-bond donors (Lipinski definition) is 0. The average Bonchev–Trinajstić information content (AvgIpc) is 3.00. The van der Waals surface area contributed by atoms with Crippen LogP contribution in [0.5, 0.6) is 17.2 Å². The van der Waals surface area contributed by atoms with Crippen LogP contribution in [-0.2, 0) is 0 Å². The second-order valence-corrected chi connectivity index (χ2v) is 5.37. The summed E-state index contributed by atoms with van der Waals surface area (Å²) in [6, 6.07) is 5.64. The van der Waals surface area contributed by atoms with Gasteiger partial charge in [-0.1, -0.05) is 5.57 Å². The fourth-order valence-electron chi connectivity index (χ4n) is 2.48. The van der Waals surface area contributed by atoms with E-state index in [-0.39, 0.29) is 0 Å². The quantitative estimate of drug-likeness (QED) is 0.656. The Morgan fingerprint density at radius 3 is 2.57 bits per heavy atom. The number of pyridine rings is 1. The van der Waals surface area contributed by atoms with Gasteiger partial charge >= 0.3 is 0 Å². The highest BCUT2D eigenvalue weighted by atomic mass is 16.5. The number of fused-ring (bicyclic) bond motifs is 2. The summed E-state index contributed by atoms with van der Waals surface area (Å²) in [5.74, 6) is 1.92. The van der Waals surface area contributed by atoms with Gasteiger partial charge in [-0.3, -0.25) is 0 Å². The van der Waals surface area contributed by atoms with Gasteiger partial charge in [-0.05, 0) is 38.1 Å². The van der Waals surface area contributed by atoms with Gasteiger partial charge in [-0.25, -0.2) is 4.98 Å². The largest absolute Gasteiger partial charge is 0.495 e. The van der Waals surface area contributed by atoms with Gasteiger partial charge in [-0.2, -0.15) is 0 Å². The lowest BCUT2D eigenvalue weighted by Gasteiger charge is -2.13. The van der Waals surface area contributed by atoms with Crippen molar-refractivity contribution in [2.45, 2.75) is 13.8 Å². The van der Waals surface area contributed by atoms with Crippen LogP contribution in [0.15, 0.2) is 40.5 Å². The van der Waals surface area contributed by atoms with Gasteiger partial charge in [-0.15, -0.1) is 0 Å². The van der Waals surface area contributed by atoms with Crippen molar-refractivity contribution in [3.8, 4) is 17.2 Å². The van der Waals surface area contributed by atoms with Gasteiger partial charge in [0.25, 0.3) is 0 Å². The summed E-state index contributed by atoms with van der Waals surface area (Å²) >= 11 is 0. The first-order valence-electron chi connectivity index (χ1n) is 7.33. The molecule has 0 unspecified atom stereocenters. The Hall–Kier alpha value is -2.69. The maximum atomic E-state index is 5.80. The highest BCUT2D eigenvalue weighted by Gasteiger charge is 2.18. The molecule has 3 rings (SSSR count). The van der Waals surface area contributed by atoms with Crippen LogP contribution in [0.1, 0.15) is 13.8 Å². The van der Waals surface area contributed by atoms with Crippen molar-refractivity contribution >= 4 is 22.0 Å². The molecule has 0 N–H and O–H groups in total. The number of rotatable bonds is 5. The highest BCUT2D eigenvalue weighted by molar-refractivity contribution is 6.02. The Bertz CT molecular complexity index is 875. The maximum Gasteiger partial charge on any atom is 0.230 e. The van der Waals surface area contributed by atoms with Crippen LogP contribution in [0, 0.1) is 0 Å². The summed E-state index contributed by atoms with van der Waals surface area (Å²) in [7, 11) is 3.23. The van der Waals surface area contributed by atoms with E-state index in [4.69, 9.17) is 18.6 Å². The minimum Gasteiger partial charge on any atom is -0.495 e. The van der Waals surface area contributed by atoms with Crippen LogP contribution in [0.25, 0.3) is 22.0 Å². The number of aromatic nitrogens is 1. The Balaban J connectivity index is 2.18. The molecule has 0 saturated carbocycles. The maximum absolute atomic E-state index is 5.80. The van der Waals surface area contributed by atoms with Crippen LogP contribution in [0.3, 0.4) is 0 Å². The van der Waals surface area contributed by atoms with E-state index in [1.807, 2.05) is 38.1 Å². The van der Waals surface area contributed by atoms with Gasteiger partial charge in [0.2, 0.25) is 5.71 Å². The van der Waals surface area contributed by atoms with E-state index >= 15 is 0 Å². The lowest BCUT2D eigenvalue weighted by molar-refractivity contribution is 0.328. The Kier molecular flexibility index (Phi) is 4.10. The van der Waals surface area contributed by atoms with Gasteiger partial charge in [0.15, 0.2) is 11.5 Å². The number of allylic oxidation sites excluding steroid dienone is 1. The molecule has 0 aliphatic rings. The topological polar surface area (TPSA) is 53.7 Å². The van der Waals surface area contributed by atoms with E-state index in [1.54, 1.807) is 20.5 Å². The molecule has 0 fully saturated rings. The first kappa shape index (κ1) is 15.2. The molecule has 0 saturated heterocycles. The normalized spacial score (nSPS) is 10.8. The summed E-state index contributed by atoms with van der Waals surface area (Å²) in [6.07, 6.45) is 3.60. The first-order valence-corrected chi connectivity index (χ1v) is 7.33. The monoisotopic (exact) mass is 313 g/mol. The lowest BCUT2D eigenvalue weighted by atomic mass is 10.1. The summed E-state index contributed by atoms with van der Waals surface area (Å²) in [4.78, 5) is 4.55. The molecule has 1 aromatic carbocycles. The molecular weight excluding hydrogens is 294 g/mol. The second kappa shape index (κ2) is 6.20. The van der Waals surface area contributed by atoms with Crippen molar-refractivity contribution in [3.63, 3.8) is 0 Å². The minimum absolute atomic E-state index is 0.477. The van der Waals surface area contributed by atoms with Crippen LogP contribution >= 0.6 is 0 Å². The number of furan rings is 1. The summed E-state index contributed by atoms with van der Waals surface area (Å²) in [5, 5.41) is 1.69. The summed E-state index contributed by atoms with van der Waals surface area (Å²) < 4.78 is 22.3. The van der Waals surface area contributed by atoms with Crippen molar-refractivity contribution in [1.82, 2.24) is 4.98 Å². The van der Waals surface area contributed by atoms with Gasteiger partial charge in [0, 0.05) is 5.39 Å². The standard InChI is InChI=1S/C18H19NO4/c1-11(2)7-9-22-14-6-5-12-15(17(14)21-4)19-18-13(8-10-23-18)16(12)20-3/h5-8,10H,9H2,1-4H3. The third-order valence-electron chi connectivity index (χ3n) is 3.58. The zero-order chi connectivity index (χ0) is 16.4. The smallest absolute Gasteiger partial charge is 0.230 e. The second-order valence-electron chi connectivity index (χ2n) is 5.37. The predicted molar refractivity (Wildman–Crippen MR) is 89.5 cm³/mol. The fourth-order valence-corrected chi connectivity index (χ4v) is 2.48.